The molecule has 1 fully saturated rings. The van der Waals surface area contributed by atoms with Crippen molar-refractivity contribution in [3.8, 4) is 0 Å². The van der Waals surface area contributed by atoms with Gasteiger partial charge in [-0.25, -0.2) is 4.39 Å². The predicted molar refractivity (Wildman–Crippen MR) is 85.6 cm³/mol. The molecule has 110 valence electrons. The van der Waals surface area contributed by atoms with E-state index in [-0.39, 0.29) is 5.82 Å². The van der Waals surface area contributed by atoms with E-state index in [4.69, 9.17) is 11.6 Å². The number of halogens is 2. The summed E-state index contributed by atoms with van der Waals surface area (Å²) in [5.74, 6) is 0.602. The monoisotopic (exact) mass is 303 g/mol. The smallest absolute Gasteiger partial charge is 0.123 e. The van der Waals surface area contributed by atoms with Crippen molar-refractivity contribution in [1.29, 1.82) is 0 Å². The quantitative estimate of drug-likeness (QED) is 0.851. The van der Waals surface area contributed by atoms with E-state index in [1.807, 2.05) is 19.1 Å². The number of hydrogen-bond acceptors (Lipinski definition) is 1. The molecule has 2 atom stereocenters. The van der Waals surface area contributed by atoms with Crippen molar-refractivity contribution in [2.75, 3.05) is 13.1 Å². The van der Waals surface area contributed by atoms with Gasteiger partial charge in [-0.1, -0.05) is 35.9 Å². The summed E-state index contributed by atoms with van der Waals surface area (Å²) < 4.78 is 13.1. The largest absolute Gasteiger partial charge is 0.316 e. The van der Waals surface area contributed by atoms with E-state index >= 15 is 0 Å². The third-order valence-electron chi connectivity index (χ3n) is 4.40. The molecule has 3 heteroatoms. The lowest BCUT2D eigenvalue weighted by Crippen LogP contribution is -2.34. The summed E-state index contributed by atoms with van der Waals surface area (Å²) in [7, 11) is 0. The highest BCUT2D eigenvalue weighted by Gasteiger charge is 2.27. The fourth-order valence-corrected chi connectivity index (χ4v) is 3.35. The molecule has 0 bridgehead atoms. The van der Waals surface area contributed by atoms with Gasteiger partial charge in [-0.2, -0.15) is 0 Å². The molecule has 1 aliphatic heterocycles. The standard InChI is InChI=1S/C18H19ClFN/c1-12-2-3-14(10-18(12)19)16-8-9-21-11-17(16)13-4-6-15(20)7-5-13/h2-7,10,16-17,21H,8-9,11H2,1H3. The number of rotatable bonds is 2. The SMILES string of the molecule is Cc1ccc(C2CCNCC2c2ccc(F)cc2)cc1Cl. The molecule has 0 saturated carbocycles. The number of aryl methyl sites for hydroxylation is 1. The van der Waals surface area contributed by atoms with Crippen molar-refractivity contribution < 1.29 is 4.39 Å². The summed E-state index contributed by atoms with van der Waals surface area (Å²) in [5, 5.41) is 4.27. The van der Waals surface area contributed by atoms with Crippen LogP contribution in [-0.2, 0) is 0 Å². The first-order valence-electron chi connectivity index (χ1n) is 7.37. The molecular weight excluding hydrogens is 285 g/mol. The normalized spacial score (nSPS) is 22.2. The molecule has 0 amide bonds. The second-order valence-corrected chi connectivity index (χ2v) is 6.17. The molecule has 0 aromatic heterocycles. The predicted octanol–water partition coefficient (Wildman–Crippen LogP) is 4.65. The first-order chi connectivity index (χ1) is 10.1. The van der Waals surface area contributed by atoms with Gasteiger partial charge in [-0.3, -0.25) is 0 Å². The van der Waals surface area contributed by atoms with Gasteiger partial charge >= 0.3 is 0 Å². The zero-order chi connectivity index (χ0) is 14.8. The molecule has 3 rings (SSSR count). The summed E-state index contributed by atoms with van der Waals surface area (Å²) in [6.45, 7) is 3.95. The number of hydrogen-bond donors (Lipinski definition) is 1. The van der Waals surface area contributed by atoms with Gasteiger partial charge in [-0.05, 0) is 60.7 Å². The van der Waals surface area contributed by atoms with Crippen LogP contribution < -0.4 is 5.32 Å². The van der Waals surface area contributed by atoms with Gasteiger partial charge in [0.2, 0.25) is 0 Å². The Labute approximate surface area is 130 Å². The Hall–Kier alpha value is -1.38. The number of piperidine rings is 1. The average molecular weight is 304 g/mol. The Morgan fingerprint density at radius 2 is 1.76 bits per heavy atom. The minimum atomic E-state index is -0.183. The van der Waals surface area contributed by atoms with Gasteiger partial charge in [-0.15, -0.1) is 0 Å². The van der Waals surface area contributed by atoms with E-state index < -0.39 is 0 Å². The molecule has 2 aromatic carbocycles. The van der Waals surface area contributed by atoms with Gasteiger partial charge < -0.3 is 5.32 Å². The molecule has 1 heterocycles. The fourth-order valence-electron chi connectivity index (χ4n) is 3.16. The van der Waals surface area contributed by atoms with Crippen molar-refractivity contribution in [2.45, 2.75) is 25.2 Å². The molecule has 1 saturated heterocycles. The van der Waals surface area contributed by atoms with E-state index in [0.29, 0.717) is 11.8 Å². The average Bonchev–Trinajstić information content (AvgIpc) is 2.51. The lowest BCUT2D eigenvalue weighted by atomic mass is 9.77. The Morgan fingerprint density at radius 1 is 1.05 bits per heavy atom. The van der Waals surface area contributed by atoms with Gasteiger partial charge in [0.05, 0.1) is 0 Å². The van der Waals surface area contributed by atoms with Crippen LogP contribution in [0.25, 0.3) is 0 Å². The zero-order valence-electron chi connectivity index (χ0n) is 12.1. The lowest BCUT2D eigenvalue weighted by Gasteiger charge is -2.33. The molecule has 0 aliphatic carbocycles. The first-order valence-corrected chi connectivity index (χ1v) is 7.75. The zero-order valence-corrected chi connectivity index (χ0v) is 12.8. The Kier molecular flexibility index (Phi) is 4.27. The summed E-state index contributed by atoms with van der Waals surface area (Å²) in [6.07, 6.45) is 1.07. The van der Waals surface area contributed by atoms with Crippen molar-refractivity contribution in [2.24, 2.45) is 0 Å². The van der Waals surface area contributed by atoms with Crippen LogP contribution in [0.2, 0.25) is 5.02 Å². The van der Waals surface area contributed by atoms with E-state index in [1.165, 1.54) is 11.1 Å². The molecule has 21 heavy (non-hydrogen) atoms. The Morgan fingerprint density at radius 3 is 2.48 bits per heavy atom. The Balaban J connectivity index is 1.94. The fraction of sp³-hybridized carbons (Fsp3) is 0.333. The summed E-state index contributed by atoms with van der Waals surface area (Å²) >= 11 is 6.28. The summed E-state index contributed by atoms with van der Waals surface area (Å²) in [4.78, 5) is 0. The summed E-state index contributed by atoms with van der Waals surface area (Å²) in [6, 6.07) is 13.2. The molecule has 1 aliphatic rings. The highest BCUT2D eigenvalue weighted by atomic mass is 35.5. The topological polar surface area (TPSA) is 12.0 Å². The highest BCUT2D eigenvalue weighted by molar-refractivity contribution is 6.31. The molecule has 2 aromatic rings. The maximum absolute atomic E-state index is 13.1. The minimum Gasteiger partial charge on any atom is -0.316 e. The molecule has 1 N–H and O–H groups in total. The van der Waals surface area contributed by atoms with E-state index in [0.717, 1.165) is 30.1 Å². The van der Waals surface area contributed by atoms with Crippen molar-refractivity contribution in [3.05, 3.63) is 70.0 Å². The van der Waals surface area contributed by atoms with Gasteiger partial charge in [0, 0.05) is 17.5 Å². The maximum atomic E-state index is 13.1. The van der Waals surface area contributed by atoms with Gasteiger partial charge in [0.15, 0.2) is 0 Å². The van der Waals surface area contributed by atoms with E-state index in [9.17, 15) is 4.39 Å². The van der Waals surface area contributed by atoms with Gasteiger partial charge in [0.25, 0.3) is 0 Å². The summed E-state index contributed by atoms with van der Waals surface area (Å²) in [5.41, 5.74) is 3.57. The molecular formula is C18H19ClFN. The molecule has 0 spiro atoms. The third-order valence-corrected chi connectivity index (χ3v) is 4.81. The van der Waals surface area contributed by atoms with Crippen LogP contribution in [0.1, 0.15) is 34.9 Å². The van der Waals surface area contributed by atoms with Crippen LogP contribution in [0.3, 0.4) is 0 Å². The second kappa shape index (κ2) is 6.17. The molecule has 2 unspecified atom stereocenters. The van der Waals surface area contributed by atoms with Crippen molar-refractivity contribution in [3.63, 3.8) is 0 Å². The first kappa shape index (κ1) is 14.6. The number of benzene rings is 2. The maximum Gasteiger partial charge on any atom is 0.123 e. The molecule has 0 radical (unpaired) electrons. The molecule has 1 nitrogen and oxygen atoms in total. The highest BCUT2D eigenvalue weighted by Crippen LogP contribution is 2.38. The Bertz CT molecular complexity index is 624. The number of nitrogens with one attached hydrogen (secondary N) is 1. The van der Waals surface area contributed by atoms with Crippen LogP contribution in [0, 0.1) is 12.7 Å². The van der Waals surface area contributed by atoms with Crippen molar-refractivity contribution in [1.82, 2.24) is 5.32 Å². The van der Waals surface area contributed by atoms with Crippen LogP contribution in [0.4, 0.5) is 4.39 Å². The lowest BCUT2D eigenvalue weighted by molar-refractivity contribution is 0.404. The van der Waals surface area contributed by atoms with Gasteiger partial charge in [0.1, 0.15) is 5.82 Å². The third kappa shape index (κ3) is 3.12. The van der Waals surface area contributed by atoms with Crippen LogP contribution >= 0.6 is 11.6 Å². The van der Waals surface area contributed by atoms with E-state index in [1.54, 1.807) is 12.1 Å². The van der Waals surface area contributed by atoms with E-state index in [2.05, 4.69) is 23.5 Å². The minimum absolute atomic E-state index is 0.183. The van der Waals surface area contributed by atoms with Crippen LogP contribution in [0.15, 0.2) is 42.5 Å². The van der Waals surface area contributed by atoms with Crippen LogP contribution in [-0.4, -0.2) is 13.1 Å². The van der Waals surface area contributed by atoms with Crippen molar-refractivity contribution >= 4 is 11.6 Å². The second-order valence-electron chi connectivity index (χ2n) is 5.77. The van der Waals surface area contributed by atoms with Crippen LogP contribution in [0.5, 0.6) is 0 Å².